The Morgan fingerprint density at radius 2 is 1.75 bits per heavy atom. The van der Waals surface area contributed by atoms with E-state index in [1.807, 2.05) is 0 Å². The zero-order valence-corrected chi connectivity index (χ0v) is 20.1. The minimum absolute atomic E-state index is 0.0422. The molecule has 2 aromatic carbocycles. The second-order valence-electron chi connectivity index (χ2n) is 9.63. The zero-order chi connectivity index (χ0) is 25.1. The number of carbonyl (C=O) groups is 1. The van der Waals surface area contributed by atoms with Gasteiger partial charge in [-0.2, -0.15) is 4.98 Å². The fourth-order valence-electron chi connectivity index (χ4n) is 5.15. The summed E-state index contributed by atoms with van der Waals surface area (Å²) >= 11 is 0. The van der Waals surface area contributed by atoms with E-state index in [9.17, 15) is 14.9 Å². The minimum atomic E-state index is -1.01. The number of aromatic carboxylic acids is 1. The summed E-state index contributed by atoms with van der Waals surface area (Å²) in [6, 6.07) is 10.9. The Labute approximate surface area is 209 Å². The van der Waals surface area contributed by atoms with Gasteiger partial charge in [-0.1, -0.05) is 19.3 Å². The number of aromatic nitrogens is 2. The number of piperazine rings is 1. The second kappa shape index (κ2) is 10.4. The van der Waals surface area contributed by atoms with Gasteiger partial charge >= 0.3 is 5.97 Å². The van der Waals surface area contributed by atoms with Crippen molar-refractivity contribution in [2.24, 2.45) is 5.92 Å². The highest BCUT2D eigenvalue weighted by Crippen LogP contribution is 2.30. The van der Waals surface area contributed by atoms with Gasteiger partial charge in [0.2, 0.25) is 5.95 Å². The number of hydrogen-bond acceptors (Lipinski definition) is 8. The Bertz CT molecular complexity index is 1250. The van der Waals surface area contributed by atoms with Gasteiger partial charge in [-0.25, -0.2) is 9.78 Å². The van der Waals surface area contributed by atoms with Crippen molar-refractivity contribution in [3.63, 3.8) is 0 Å². The molecule has 10 nitrogen and oxygen atoms in total. The number of nitro benzene ring substituents is 1. The maximum atomic E-state index is 11.4. The third-order valence-electron chi connectivity index (χ3n) is 7.17. The molecular weight excluding hydrogens is 460 g/mol. The molecule has 0 spiro atoms. The topological polar surface area (TPSA) is 125 Å². The van der Waals surface area contributed by atoms with Gasteiger partial charge in [0.15, 0.2) is 0 Å². The summed E-state index contributed by atoms with van der Waals surface area (Å²) in [6.07, 6.45) is 6.74. The summed E-state index contributed by atoms with van der Waals surface area (Å²) < 4.78 is 0. The fraction of sp³-hybridized carbons (Fsp3) is 0.423. The van der Waals surface area contributed by atoms with Gasteiger partial charge in [0, 0.05) is 55.9 Å². The Morgan fingerprint density at radius 3 is 2.42 bits per heavy atom. The van der Waals surface area contributed by atoms with Gasteiger partial charge in [0.05, 0.1) is 16.0 Å². The molecule has 0 radical (unpaired) electrons. The highest BCUT2D eigenvalue weighted by molar-refractivity contribution is 5.94. The van der Waals surface area contributed by atoms with Crippen LogP contribution in [0.3, 0.4) is 0 Å². The number of fused-ring (bicyclic) bond motifs is 1. The maximum Gasteiger partial charge on any atom is 0.335 e. The molecule has 2 aliphatic rings. The Kier molecular flexibility index (Phi) is 6.95. The van der Waals surface area contributed by atoms with Crippen LogP contribution in [0.15, 0.2) is 42.5 Å². The summed E-state index contributed by atoms with van der Waals surface area (Å²) in [7, 11) is 0. The quantitative estimate of drug-likeness (QED) is 0.359. The Hall–Kier alpha value is -3.79. The van der Waals surface area contributed by atoms with Crippen molar-refractivity contribution in [3.05, 3.63) is 58.1 Å². The number of non-ortho nitro benzene ring substituents is 1. The average Bonchev–Trinajstić information content (AvgIpc) is 2.89. The molecule has 1 aliphatic carbocycles. The van der Waals surface area contributed by atoms with E-state index < -0.39 is 10.9 Å². The van der Waals surface area contributed by atoms with Crippen molar-refractivity contribution < 1.29 is 14.8 Å². The molecule has 0 unspecified atom stereocenters. The van der Waals surface area contributed by atoms with E-state index in [0.717, 1.165) is 38.6 Å². The number of nitro groups is 1. The number of benzene rings is 2. The van der Waals surface area contributed by atoms with Crippen molar-refractivity contribution in [3.8, 4) is 0 Å². The number of nitrogens with zero attached hydrogens (tertiary/aromatic N) is 5. The van der Waals surface area contributed by atoms with Crippen molar-refractivity contribution in [1.82, 2.24) is 14.9 Å². The van der Waals surface area contributed by atoms with Gasteiger partial charge in [-0.15, -0.1) is 0 Å². The lowest BCUT2D eigenvalue weighted by atomic mass is 9.89. The predicted molar refractivity (Wildman–Crippen MR) is 138 cm³/mol. The molecule has 1 saturated heterocycles. The molecule has 2 heterocycles. The van der Waals surface area contributed by atoms with Crippen molar-refractivity contribution >= 4 is 40.0 Å². The molecule has 1 aliphatic heterocycles. The monoisotopic (exact) mass is 490 g/mol. The van der Waals surface area contributed by atoms with Gasteiger partial charge < -0.3 is 15.3 Å². The summed E-state index contributed by atoms with van der Waals surface area (Å²) in [5.41, 5.74) is 1.38. The largest absolute Gasteiger partial charge is 0.478 e. The molecule has 0 amide bonds. The SMILES string of the molecule is O=C(O)c1ccc(Nc2nc(N3CCN(CC4CCCCC4)CC3)nc3ccc([N+](=O)[O-])cc23)cc1. The van der Waals surface area contributed by atoms with E-state index in [1.54, 1.807) is 18.2 Å². The van der Waals surface area contributed by atoms with Crippen molar-refractivity contribution in [1.29, 1.82) is 0 Å². The number of carboxylic acids is 1. The van der Waals surface area contributed by atoms with E-state index in [2.05, 4.69) is 15.1 Å². The molecule has 36 heavy (non-hydrogen) atoms. The van der Waals surface area contributed by atoms with Crippen molar-refractivity contribution in [2.45, 2.75) is 32.1 Å². The standard InChI is InChI=1S/C26H30N6O4/c33-25(34)19-6-8-20(9-7-19)27-24-22-16-21(32(35)36)10-11-23(22)28-26(29-24)31-14-12-30(13-15-31)17-18-4-2-1-3-5-18/h6-11,16,18H,1-5,12-15,17H2,(H,33,34)(H,27,28,29). The number of anilines is 3. The first-order valence-corrected chi connectivity index (χ1v) is 12.5. The lowest BCUT2D eigenvalue weighted by Gasteiger charge is -2.37. The van der Waals surface area contributed by atoms with E-state index in [4.69, 9.17) is 15.1 Å². The zero-order valence-electron chi connectivity index (χ0n) is 20.1. The molecule has 188 valence electrons. The minimum Gasteiger partial charge on any atom is -0.478 e. The lowest BCUT2D eigenvalue weighted by Crippen LogP contribution is -2.48. The maximum absolute atomic E-state index is 11.4. The van der Waals surface area contributed by atoms with Crippen LogP contribution in [-0.2, 0) is 0 Å². The molecule has 1 aromatic heterocycles. The molecule has 2 N–H and O–H groups in total. The van der Waals surface area contributed by atoms with Crippen LogP contribution in [0.5, 0.6) is 0 Å². The smallest absolute Gasteiger partial charge is 0.335 e. The predicted octanol–water partition coefficient (Wildman–Crippen LogP) is 4.68. The van der Waals surface area contributed by atoms with Crippen LogP contribution in [0, 0.1) is 16.0 Å². The summed E-state index contributed by atoms with van der Waals surface area (Å²) in [4.78, 5) is 36.3. The van der Waals surface area contributed by atoms with E-state index in [1.165, 1.54) is 56.4 Å². The van der Waals surface area contributed by atoms with Gasteiger partial charge in [0.25, 0.3) is 5.69 Å². The van der Waals surface area contributed by atoms with Crippen LogP contribution in [0.25, 0.3) is 10.9 Å². The van der Waals surface area contributed by atoms with Crippen LogP contribution in [-0.4, -0.2) is 63.6 Å². The van der Waals surface area contributed by atoms with Crippen LogP contribution in [0.2, 0.25) is 0 Å². The van der Waals surface area contributed by atoms with E-state index in [-0.39, 0.29) is 11.3 Å². The number of rotatable bonds is 7. The van der Waals surface area contributed by atoms with Gasteiger partial charge in [0.1, 0.15) is 5.82 Å². The molecule has 1 saturated carbocycles. The van der Waals surface area contributed by atoms with Crippen LogP contribution < -0.4 is 10.2 Å². The molecule has 2 fully saturated rings. The fourth-order valence-corrected chi connectivity index (χ4v) is 5.15. The van der Waals surface area contributed by atoms with E-state index >= 15 is 0 Å². The van der Waals surface area contributed by atoms with Gasteiger partial charge in [-0.3, -0.25) is 15.0 Å². The van der Waals surface area contributed by atoms with Crippen LogP contribution in [0.4, 0.5) is 23.1 Å². The highest BCUT2D eigenvalue weighted by Gasteiger charge is 2.24. The molecule has 3 aromatic rings. The third-order valence-corrected chi connectivity index (χ3v) is 7.17. The first-order chi connectivity index (χ1) is 17.5. The molecular formula is C26H30N6O4. The summed E-state index contributed by atoms with van der Waals surface area (Å²) in [6.45, 7) is 4.71. The second-order valence-corrected chi connectivity index (χ2v) is 9.63. The van der Waals surface area contributed by atoms with Crippen LogP contribution in [0.1, 0.15) is 42.5 Å². The Morgan fingerprint density at radius 1 is 1.03 bits per heavy atom. The number of carboxylic acid groups (broad SMARTS) is 1. The molecule has 0 bridgehead atoms. The summed E-state index contributed by atoms with van der Waals surface area (Å²) in [5, 5.41) is 24.3. The van der Waals surface area contributed by atoms with Crippen molar-refractivity contribution in [2.75, 3.05) is 42.9 Å². The number of nitrogens with one attached hydrogen (secondary N) is 1. The lowest BCUT2D eigenvalue weighted by molar-refractivity contribution is -0.384. The van der Waals surface area contributed by atoms with E-state index in [0.29, 0.717) is 28.4 Å². The summed E-state index contributed by atoms with van der Waals surface area (Å²) in [5.74, 6) is 0.834. The first kappa shape index (κ1) is 23.9. The number of hydrogen-bond donors (Lipinski definition) is 2. The average molecular weight is 491 g/mol. The van der Waals surface area contributed by atoms with Crippen LogP contribution >= 0.6 is 0 Å². The molecule has 5 rings (SSSR count). The Balaban J connectivity index is 1.38. The molecule has 0 atom stereocenters. The van der Waals surface area contributed by atoms with Gasteiger partial charge in [-0.05, 0) is 49.1 Å². The highest BCUT2D eigenvalue weighted by atomic mass is 16.6. The normalized spacial score (nSPS) is 17.3. The first-order valence-electron chi connectivity index (χ1n) is 12.5. The third kappa shape index (κ3) is 5.38. The molecule has 10 heteroatoms.